The molecule has 1 aliphatic rings. The maximum Gasteiger partial charge on any atom is 0.339 e. The third kappa shape index (κ3) is 6.22. The molecule has 39 heavy (non-hydrogen) atoms. The number of carbonyl (C=O) groups excluding carboxylic acids is 4. The second kappa shape index (κ2) is 12.2. The number of rotatable bonds is 9. The number of hydrogen-bond acceptors (Lipinski definition) is 9. The highest BCUT2D eigenvalue weighted by Crippen LogP contribution is 2.40. The summed E-state index contributed by atoms with van der Waals surface area (Å²) in [7, 11) is 0. The van der Waals surface area contributed by atoms with Gasteiger partial charge in [-0.3, -0.25) is 4.79 Å². The lowest BCUT2D eigenvalue weighted by Gasteiger charge is -2.34. The van der Waals surface area contributed by atoms with Crippen molar-refractivity contribution >= 4 is 23.9 Å². The molecule has 0 aliphatic carbocycles. The van der Waals surface area contributed by atoms with Gasteiger partial charge in [0, 0.05) is 6.92 Å². The molecule has 4 rings (SSSR count). The van der Waals surface area contributed by atoms with E-state index in [1.807, 2.05) is 0 Å². The Hall–Kier alpha value is -4.76. The first-order valence-electron chi connectivity index (χ1n) is 12.1. The Morgan fingerprint density at radius 2 is 1.26 bits per heavy atom. The molecule has 3 aromatic rings. The molecule has 0 aromatic heterocycles. The van der Waals surface area contributed by atoms with Crippen LogP contribution in [0.5, 0.6) is 0 Å². The Morgan fingerprint density at radius 3 is 1.74 bits per heavy atom. The van der Waals surface area contributed by atoms with E-state index in [1.165, 1.54) is 30.3 Å². The molecule has 1 unspecified atom stereocenters. The van der Waals surface area contributed by atoms with E-state index in [0.717, 1.165) is 6.92 Å². The molecule has 0 saturated carbocycles. The molecule has 1 aliphatic heterocycles. The van der Waals surface area contributed by atoms with E-state index in [-0.39, 0.29) is 16.7 Å². The molecular weight excluding hydrogens is 504 g/mol. The summed E-state index contributed by atoms with van der Waals surface area (Å²) in [4.78, 5) is 50.9. The molecule has 0 spiro atoms. The van der Waals surface area contributed by atoms with Gasteiger partial charge in [-0.15, -0.1) is 0 Å². The third-order valence-electron chi connectivity index (χ3n) is 5.99. The Morgan fingerprint density at radius 1 is 0.769 bits per heavy atom. The van der Waals surface area contributed by atoms with E-state index >= 15 is 0 Å². The van der Waals surface area contributed by atoms with Gasteiger partial charge >= 0.3 is 23.9 Å². The average molecular weight is 531 g/mol. The van der Waals surface area contributed by atoms with Gasteiger partial charge in [0.25, 0.3) is 0 Å². The second-order valence-corrected chi connectivity index (χ2v) is 8.57. The molecular formula is C30H26O9. The van der Waals surface area contributed by atoms with Crippen molar-refractivity contribution in [3.8, 4) is 0 Å². The summed E-state index contributed by atoms with van der Waals surface area (Å²) in [5.74, 6) is -2.98. The van der Waals surface area contributed by atoms with Gasteiger partial charge in [0.1, 0.15) is 12.7 Å². The lowest BCUT2D eigenvalue weighted by atomic mass is 9.91. The first kappa shape index (κ1) is 27.3. The van der Waals surface area contributed by atoms with E-state index in [4.69, 9.17) is 23.7 Å². The molecule has 0 N–H and O–H groups in total. The average Bonchev–Trinajstić information content (AvgIpc) is 3.23. The second-order valence-electron chi connectivity index (χ2n) is 8.57. The zero-order valence-electron chi connectivity index (χ0n) is 21.1. The van der Waals surface area contributed by atoms with Crippen molar-refractivity contribution in [2.75, 3.05) is 6.61 Å². The smallest absolute Gasteiger partial charge is 0.339 e. The molecule has 4 atom stereocenters. The lowest BCUT2D eigenvalue weighted by Crippen LogP contribution is -2.53. The number of esters is 4. The highest BCUT2D eigenvalue weighted by molar-refractivity contribution is 5.91. The molecule has 0 radical (unpaired) electrons. The van der Waals surface area contributed by atoms with Crippen molar-refractivity contribution in [1.82, 2.24) is 0 Å². The number of ether oxygens (including phenoxy) is 5. The first-order chi connectivity index (χ1) is 18.8. The zero-order valence-corrected chi connectivity index (χ0v) is 21.1. The summed E-state index contributed by atoms with van der Waals surface area (Å²) in [6.07, 6.45) is -3.02. The minimum atomic E-state index is -1.91. The predicted molar refractivity (Wildman–Crippen MR) is 138 cm³/mol. The fraction of sp³-hybridized carbons (Fsp3) is 0.200. The van der Waals surface area contributed by atoms with Crippen molar-refractivity contribution in [3.63, 3.8) is 0 Å². The monoisotopic (exact) mass is 530 g/mol. The highest BCUT2D eigenvalue weighted by atomic mass is 16.8. The van der Waals surface area contributed by atoms with Gasteiger partial charge in [-0.05, 0) is 42.5 Å². The van der Waals surface area contributed by atoms with Crippen LogP contribution < -0.4 is 0 Å². The highest BCUT2D eigenvalue weighted by Gasteiger charge is 2.62. The van der Waals surface area contributed by atoms with Crippen molar-refractivity contribution < 1.29 is 42.9 Å². The maximum atomic E-state index is 13.2. The minimum absolute atomic E-state index is 0.197. The minimum Gasteiger partial charge on any atom is -0.459 e. The standard InChI is InChI=1S/C30H26O9/c1-3-30(39-28(34)23-17-11-6-12-18-23)24(19-35-26(32)21-13-7-4-8-14-21)37-29(36-20(2)31)25(30)38-27(33)22-15-9-5-10-16-22/h3-18,24-25,29H,1,19H2,2H3/t24-,25+,29?,30-/m1/s1. The molecule has 1 saturated heterocycles. The lowest BCUT2D eigenvalue weighted by molar-refractivity contribution is -0.188. The van der Waals surface area contributed by atoms with Crippen LogP contribution in [0, 0.1) is 0 Å². The van der Waals surface area contributed by atoms with Crippen molar-refractivity contribution in [2.45, 2.75) is 31.0 Å². The number of carbonyl (C=O) groups is 4. The third-order valence-corrected chi connectivity index (χ3v) is 5.99. The van der Waals surface area contributed by atoms with Gasteiger partial charge < -0.3 is 23.7 Å². The van der Waals surface area contributed by atoms with Crippen LogP contribution >= 0.6 is 0 Å². The van der Waals surface area contributed by atoms with Crippen LogP contribution in [-0.2, 0) is 28.5 Å². The van der Waals surface area contributed by atoms with Gasteiger partial charge in [-0.25, -0.2) is 14.4 Å². The van der Waals surface area contributed by atoms with E-state index in [9.17, 15) is 19.2 Å². The van der Waals surface area contributed by atoms with Crippen LogP contribution in [0.2, 0.25) is 0 Å². The van der Waals surface area contributed by atoms with Gasteiger partial charge in [0.15, 0.2) is 0 Å². The number of benzene rings is 3. The van der Waals surface area contributed by atoms with Crippen LogP contribution in [0.25, 0.3) is 0 Å². The normalized spacial score (nSPS) is 21.8. The molecule has 200 valence electrons. The molecule has 9 nitrogen and oxygen atoms in total. The van der Waals surface area contributed by atoms with Gasteiger partial charge in [-0.1, -0.05) is 61.2 Å². The van der Waals surface area contributed by atoms with Gasteiger partial charge in [0.2, 0.25) is 18.0 Å². The van der Waals surface area contributed by atoms with Crippen molar-refractivity contribution in [3.05, 3.63) is 120 Å². The van der Waals surface area contributed by atoms with E-state index in [2.05, 4.69) is 6.58 Å². The van der Waals surface area contributed by atoms with E-state index in [1.54, 1.807) is 66.7 Å². The van der Waals surface area contributed by atoms with Gasteiger partial charge in [-0.2, -0.15) is 0 Å². The van der Waals surface area contributed by atoms with Gasteiger partial charge in [0.05, 0.1) is 16.7 Å². The molecule has 9 heteroatoms. The van der Waals surface area contributed by atoms with Crippen LogP contribution in [0.3, 0.4) is 0 Å². The Kier molecular flexibility index (Phi) is 8.53. The molecule has 0 bridgehead atoms. The van der Waals surface area contributed by atoms with Crippen LogP contribution in [-0.4, -0.2) is 54.6 Å². The fourth-order valence-corrected chi connectivity index (χ4v) is 4.08. The summed E-state index contributed by atoms with van der Waals surface area (Å²) in [5.41, 5.74) is -1.23. The summed E-state index contributed by atoms with van der Waals surface area (Å²) in [6, 6.07) is 24.4. The molecule has 1 heterocycles. The van der Waals surface area contributed by atoms with Crippen LogP contribution in [0.15, 0.2) is 104 Å². The summed E-state index contributed by atoms with van der Waals surface area (Å²) in [6.45, 7) is 4.51. The van der Waals surface area contributed by atoms with E-state index < -0.39 is 54.6 Å². The topological polar surface area (TPSA) is 114 Å². The Labute approximate surface area is 224 Å². The molecule has 1 fully saturated rings. The Bertz CT molecular complexity index is 1320. The van der Waals surface area contributed by atoms with Crippen molar-refractivity contribution in [1.29, 1.82) is 0 Å². The zero-order chi connectivity index (χ0) is 27.8. The van der Waals surface area contributed by atoms with Crippen LogP contribution in [0.1, 0.15) is 38.0 Å². The Balaban J connectivity index is 1.69. The predicted octanol–water partition coefficient (Wildman–Crippen LogP) is 4.14. The molecule has 0 amide bonds. The fourth-order valence-electron chi connectivity index (χ4n) is 4.08. The first-order valence-corrected chi connectivity index (χ1v) is 12.1. The summed E-state index contributed by atoms with van der Waals surface area (Å²) in [5, 5.41) is 0. The van der Waals surface area contributed by atoms with E-state index in [0.29, 0.717) is 0 Å². The van der Waals surface area contributed by atoms with Crippen molar-refractivity contribution in [2.24, 2.45) is 0 Å². The maximum absolute atomic E-state index is 13.2. The quantitative estimate of drug-likeness (QED) is 0.229. The molecule has 3 aromatic carbocycles. The number of hydrogen-bond donors (Lipinski definition) is 0. The van der Waals surface area contributed by atoms with Crippen LogP contribution in [0.4, 0.5) is 0 Å². The summed E-state index contributed by atoms with van der Waals surface area (Å²) < 4.78 is 28.3. The largest absolute Gasteiger partial charge is 0.459 e. The SMILES string of the molecule is C=C[C@@]1(OC(=O)c2ccccc2)[C@@H](COC(=O)c2ccccc2)OC(OC(C)=O)[C@@H]1OC(=O)c1ccccc1. The summed E-state index contributed by atoms with van der Waals surface area (Å²) >= 11 is 0.